The Kier molecular flexibility index (Phi) is 5.99. The number of ether oxygens (including phenoxy) is 1. The van der Waals surface area contributed by atoms with Crippen LogP contribution in [-0.2, 0) is 6.42 Å². The summed E-state index contributed by atoms with van der Waals surface area (Å²) in [5.41, 5.74) is 2.41. The van der Waals surface area contributed by atoms with Gasteiger partial charge >= 0.3 is 0 Å². The fraction of sp³-hybridized carbons (Fsp3) is 0.455. The molecular weight excluding hydrogens is 342 g/mol. The van der Waals surface area contributed by atoms with Crippen LogP contribution in [0.1, 0.15) is 55.2 Å². The molecule has 0 heterocycles. The maximum absolute atomic E-state index is 11.0. The molecule has 144 valence electrons. The van der Waals surface area contributed by atoms with Crippen LogP contribution in [0.3, 0.4) is 0 Å². The molecular formula is C22H27NO4. The van der Waals surface area contributed by atoms with Gasteiger partial charge in [-0.1, -0.05) is 32.1 Å². The van der Waals surface area contributed by atoms with E-state index in [1.165, 1.54) is 44.2 Å². The topological polar surface area (TPSA) is 72.6 Å². The summed E-state index contributed by atoms with van der Waals surface area (Å²) < 4.78 is 6.03. The molecule has 2 aromatic carbocycles. The third-order valence-electron chi connectivity index (χ3n) is 5.47. The van der Waals surface area contributed by atoms with Gasteiger partial charge in [0.2, 0.25) is 0 Å². The quantitative estimate of drug-likeness (QED) is 0.484. The zero-order chi connectivity index (χ0) is 19.4. The number of rotatable bonds is 6. The standard InChI is InChI=1S/C22H27NO4/c1-15-12-19(23(25)26)13-16(2)22(15)27-20-10-11-21(24)18(14-20)9-8-17-6-4-3-5-7-17/h10-14,17,24H,3-9H2,1-2H3. The molecule has 0 saturated heterocycles. The molecule has 27 heavy (non-hydrogen) atoms. The highest BCUT2D eigenvalue weighted by atomic mass is 16.6. The van der Waals surface area contributed by atoms with Crippen molar-refractivity contribution in [3.63, 3.8) is 0 Å². The van der Waals surface area contributed by atoms with Crippen molar-refractivity contribution >= 4 is 5.69 Å². The first-order chi connectivity index (χ1) is 12.9. The summed E-state index contributed by atoms with van der Waals surface area (Å²) in [7, 11) is 0. The lowest BCUT2D eigenvalue weighted by Crippen LogP contribution is -2.07. The average Bonchev–Trinajstić information content (AvgIpc) is 2.65. The van der Waals surface area contributed by atoms with Gasteiger partial charge in [-0.3, -0.25) is 10.1 Å². The number of nitro benzene ring substituents is 1. The molecule has 0 aliphatic heterocycles. The number of nitrogens with zero attached hydrogens (tertiary/aromatic N) is 1. The normalized spacial score (nSPS) is 14.9. The molecule has 0 spiro atoms. The lowest BCUT2D eigenvalue weighted by atomic mass is 9.85. The second kappa shape index (κ2) is 8.42. The van der Waals surface area contributed by atoms with Crippen molar-refractivity contribution in [2.45, 2.75) is 58.8 Å². The predicted molar refractivity (Wildman–Crippen MR) is 106 cm³/mol. The minimum atomic E-state index is -0.395. The van der Waals surface area contributed by atoms with Crippen LogP contribution < -0.4 is 4.74 Å². The van der Waals surface area contributed by atoms with Crippen LogP contribution >= 0.6 is 0 Å². The summed E-state index contributed by atoms with van der Waals surface area (Å²) >= 11 is 0. The van der Waals surface area contributed by atoms with E-state index < -0.39 is 4.92 Å². The van der Waals surface area contributed by atoms with Gasteiger partial charge in [-0.15, -0.1) is 0 Å². The fourth-order valence-electron chi connectivity index (χ4n) is 3.97. The lowest BCUT2D eigenvalue weighted by molar-refractivity contribution is -0.385. The Morgan fingerprint density at radius 2 is 1.78 bits per heavy atom. The minimum Gasteiger partial charge on any atom is -0.508 e. The first kappa shape index (κ1) is 19.2. The summed E-state index contributed by atoms with van der Waals surface area (Å²) in [5.74, 6) is 2.33. The molecule has 0 bridgehead atoms. The molecule has 0 aromatic heterocycles. The first-order valence-electron chi connectivity index (χ1n) is 9.69. The van der Waals surface area contributed by atoms with E-state index in [-0.39, 0.29) is 5.69 Å². The Morgan fingerprint density at radius 3 is 2.41 bits per heavy atom. The number of nitro groups is 1. The van der Waals surface area contributed by atoms with Crippen LogP contribution in [0.4, 0.5) is 5.69 Å². The smallest absolute Gasteiger partial charge is 0.270 e. The van der Waals surface area contributed by atoms with Gasteiger partial charge < -0.3 is 9.84 Å². The molecule has 1 aliphatic carbocycles. The monoisotopic (exact) mass is 369 g/mol. The molecule has 1 aliphatic rings. The van der Waals surface area contributed by atoms with Crippen molar-refractivity contribution < 1.29 is 14.8 Å². The predicted octanol–water partition coefficient (Wildman–Crippen LogP) is 6.22. The highest BCUT2D eigenvalue weighted by Gasteiger charge is 2.16. The maximum atomic E-state index is 11.0. The van der Waals surface area contributed by atoms with Crippen LogP contribution in [0.2, 0.25) is 0 Å². The molecule has 0 radical (unpaired) electrons. The Morgan fingerprint density at radius 1 is 1.11 bits per heavy atom. The first-order valence-corrected chi connectivity index (χ1v) is 9.69. The van der Waals surface area contributed by atoms with Crippen LogP contribution in [0, 0.1) is 29.9 Å². The van der Waals surface area contributed by atoms with Gasteiger partial charge in [0.25, 0.3) is 5.69 Å². The van der Waals surface area contributed by atoms with Gasteiger partial charge in [-0.2, -0.15) is 0 Å². The van der Waals surface area contributed by atoms with E-state index in [9.17, 15) is 15.2 Å². The largest absolute Gasteiger partial charge is 0.508 e. The number of benzene rings is 2. The summed E-state index contributed by atoms with van der Waals surface area (Å²) in [6, 6.07) is 8.33. The van der Waals surface area contributed by atoms with Gasteiger partial charge in [0.05, 0.1) is 4.92 Å². The maximum Gasteiger partial charge on any atom is 0.270 e. The second-order valence-corrected chi connectivity index (χ2v) is 7.60. The van der Waals surface area contributed by atoms with Crippen LogP contribution in [0.25, 0.3) is 0 Å². The molecule has 2 aromatic rings. The minimum absolute atomic E-state index is 0.0660. The number of hydrogen-bond donors (Lipinski definition) is 1. The number of non-ortho nitro benzene ring substituents is 1. The molecule has 0 unspecified atom stereocenters. The van der Waals surface area contributed by atoms with Gasteiger partial charge in [0.15, 0.2) is 0 Å². The molecule has 1 N–H and O–H groups in total. The number of hydrogen-bond acceptors (Lipinski definition) is 4. The molecule has 0 atom stereocenters. The zero-order valence-electron chi connectivity index (χ0n) is 16.0. The van der Waals surface area contributed by atoms with E-state index in [1.807, 2.05) is 6.07 Å². The van der Waals surface area contributed by atoms with E-state index in [0.717, 1.165) is 35.4 Å². The van der Waals surface area contributed by atoms with E-state index in [2.05, 4.69) is 0 Å². The summed E-state index contributed by atoms with van der Waals surface area (Å²) in [6.45, 7) is 3.61. The van der Waals surface area contributed by atoms with Gasteiger partial charge in [-0.05, 0) is 67.5 Å². The van der Waals surface area contributed by atoms with E-state index in [1.54, 1.807) is 26.0 Å². The highest BCUT2D eigenvalue weighted by Crippen LogP contribution is 2.35. The van der Waals surface area contributed by atoms with E-state index in [4.69, 9.17) is 4.74 Å². The van der Waals surface area contributed by atoms with Gasteiger partial charge in [0, 0.05) is 12.1 Å². The van der Waals surface area contributed by atoms with Gasteiger partial charge in [-0.25, -0.2) is 0 Å². The SMILES string of the molecule is Cc1cc([N+](=O)[O-])cc(C)c1Oc1ccc(O)c(CCC2CCCCC2)c1. The van der Waals surface area contributed by atoms with Crippen molar-refractivity contribution in [3.05, 3.63) is 57.1 Å². The number of phenolic OH excluding ortho intramolecular Hbond substituents is 1. The highest BCUT2D eigenvalue weighted by molar-refractivity contribution is 5.51. The Bertz CT molecular complexity index is 802. The van der Waals surface area contributed by atoms with E-state index >= 15 is 0 Å². The van der Waals surface area contributed by atoms with Crippen molar-refractivity contribution in [1.82, 2.24) is 0 Å². The summed E-state index contributed by atoms with van der Waals surface area (Å²) in [6.07, 6.45) is 8.49. The molecule has 5 nitrogen and oxygen atoms in total. The van der Waals surface area contributed by atoms with Crippen molar-refractivity contribution in [1.29, 1.82) is 0 Å². The molecule has 0 amide bonds. The molecule has 1 fully saturated rings. The number of aromatic hydroxyl groups is 1. The van der Waals surface area contributed by atoms with Crippen LogP contribution in [0.15, 0.2) is 30.3 Å². The third kappa shape index (κ3) is 4.79. The second-order valence-electron chi connectivity index (χ2n) is 7.60. The third-order valence-corrected chi connectivity index (χ3v) is 5.47. The number of aryl methyl sites for hydroxylation is 3. The van der Waals surface area contributed by atoms with Crippen molar-refractivity contribution in [2.24, 2.45) is 5.92 Å². The Labute approximate surface area is 160 Å². The van der Waals surface area contributed by atoms with Crippen molar-refractivity contribution in [2.75, 3.05) is 0 Å². The average molecular weight is 369 g/mol. The number of phenols is 1. The molecule has 1 saturated carbocycles. The summed E-state index contributed by atoms with van der Waals surface area (Å²) in [4.78, 5) is 10.6. The van der Waals surface area contributed by atoms with Crippen LogP contribution in [-0.4, -0.2) is 10.0 Å². The van der Waals surface area contributed by atoms with Crippen molar-refractivity contribution in [3.8, 4) is 17.2 Å². The Hall–Kier alpha value is -2.56. The fourth-order valence-corrected chi connectivity index (χ4v) is 3.97. The lowest BCUT2D eigenvalue weighted by Gasteiger charge is -2.21. The molecule has 3 rings (SSSR count). The van der Waals surface area contributed by atoms with E-state index in [0.29, 0.717) is 17.2 Å². The molecule has 5 heteroatoms. The van der Waals surface area contributed by atoms with Crippen LogP contribution in [0.5, 0.6) is 17.2 Å². The zero-order valence-corrected chi connectivity index (χ0v) is 16.0. The van der Waals surface area contributed by atoms with Gasteiger partial charge in [0.1, 0.15) is 17.2 Å². The Balaban J connectivity index is 1.75. The summed E-state index contributed by atoms with van der Waals surface area (Å²) in [5, 5.41) is 21.2.